The largest absolute Gasteiger partial charge is 0.321 e. The molecule has 1 N–H and O–H groups in total. The number of carbonyl (C=O) groups excluding carboxylic acids is 1. The predicted molar refractivity (Wildman–Crippen MR) is 80.8 cm³/mol. The first-order chi connectivity index (χ1) is 8.97. The number of halogens is 2. The Morgan fingerprint density at radius 3 is 2.63 bits per heavy atom. The molecule has 2 rings (SSSR count). The highest BCUT2D eigenvalue weighted by atomic mass is 79.9. The third-order valence-electron chi connectivity index (χ3n) is 2.71. The molecular formula is C14H12BrClN2O. The Labute approximate surface area is 125 Å². The van der Waals surface area contributed by atoms with Gasteiger partial charge in [-0.25, -0.2) is 4.98 Å². The van der Waals surface area contributed by atoms with Crippen molar-refractivity contribution in [3.63, 3.8) is 0 Å². The summed E-state index contributed by atoms with van der Waals surface area (Å²) < 4.78 is 0.950. The van der Waals surface area contributed by atoms with E-state index in [0.717, 1.165) is 15.6 Å². The molecular weight excluding hydrogens is 328 g/mol. The quantitative estimate of drug-likeness (QED) is 0.826. The van der Waals surface area contributed by atoms with Crippen LogP contribution in [0.3, 0.4) is 0 Å². The number of pyridine rings is 1. The van der Waals surface area contributed by atoms with E-state index in [1.54, 1.807) is 18.3 Å². The van der Waals surface area contributed by atoms with Crippen LogP contribution < -0.4 is 5.32 Å². The number of aryl methyl sites for hydroxylation is 2. The third kappa shape index (κ3) is 3.33. The van der Waals surface area contributed by atoms with Crippen molar-refractivity contribution >= 4 is 39.1 Å². The lowest BCUT2D eigenvalue weighted by atomic mass is 10.1. The molecule has 0 saturated heterocycles. The van der Waals surface area contributed by atoms with Gasteiger partial charge in [0.1, 0.15) is 5.15 Å². The molecule has 1 aromatic heterocycles. The zero-order valence-corrected chi connectivity index (χ0v) is 12.8. The first kappa shape index (κ1) is 14.0. The first-order valence-electron chi connectivity index (χ1n) is 5.67. The highest BCUT2D eigenvalue weighted by Crippen LogP contribution is 2.19. The lowest BCUT2D eigenvalue weighted by molar-refractivity contribution is 0.102. The fourth-order valence-corrected chi connectivity index (χ4v) is 2.29. The van der Waals surface area contributed by atoms with Crippen molar-refractivity contribution in [2.75, 3.05) is 5.32 Å². The Hall–Kier alpha value is -1.39. The van der Waals surface area contributed by atoms with Crippen LogP contribution in [0.2, 0.25) is 5.15 Å². The normalized spacial score (nSPS) is 10.3. The number of aromatic nitrogens is 1. The van der Waals surface area contributed by atoms with Gasteiger partial charge in [0.25, 0.3) is 5.91 Å². The van der Waals surface area contributed by atoms with E-state index in [1.165, 1.54) is 0 Å². The van der Waals surface area contributed by atoms with Crippen LogP contribution in [-0.2, 0) is 0 Å². The Kier molecular flexibility index (Phi) is 4.22. The summed E-state index contributed by atoms with van der Waals surface area (Å²) in [6.45, 7) is 3.74. The Morgan fingerprint density at radius 2 is 2.00 bits per heavy atom. The molecule has 0 aliphatic rings. The molecule has 0 aliphatic heterocycles. The predicted octanol–water partition coefficient (Wildman–Crippen LogP) is 4.37. The second kappa shape index (κ2) is 5.72. The second-order valence-electron chi connectivity index (χ2n) is 4.25. The van der Waals surface area contributed by atoms with E-state index in [0.29, 0.717) is 16.4 Å². The molecule has 1 amide bonds. The van der Waals surface area contributed by atoms with Crippen LogP contribution in [-0.4, -0.2) is 10.9 Å². The number of nitrogens with one attached hydrogen (secondary N) is 1. The Morgan fingerprint density at radius 1 is 1.26 bits per heavy atom. The molecule has 0 fully saturated rings. The van der Waals surface area contributed by atoms with Crippen molar-refractivity contribution in [2.45, 2.75) is 13.8 Å². The summed E-state index contributed by atoms with van der Waals surface area (Å²) in [5.41, 5.74) is 3.00. The van der Waals surface area contributed by atoms with E-state index in [-0.39, 0.29) is 5.91 Å². The second-order valence-corrected chi connectivity index (χ2v) is 5.52. The van der Waals surface area contributed by atoms with Gasteiger partial charge in [-0.1, -0.05) is 27.5 Å². The smallest absolute Gasteiger partial charge is 0.255 e. The fraction of sp³-hybridized carbons (Fsp3) is 0.143. The zero-order chi connectivity index (χ0) is 14.0. The summed E-state index contributed by atoms with van der Waals surface area (Å²) in [6, 6.07) is 7.32. The lowest BCUT2D eigenvalue weighted by Crippen LogP contribution is -2.13. The number of benzene rings is 1. The van der Waals surface area contributed by atoms with Gasteiger partial charge in [-0.3, -0.25) is 4.79 Å². The van der Waals surface area contributed by atoms with Gasteiger partial charge in [0.05, 0.1) is 11.9 Å². The van der Waals surface area contributed by atoms with Crippen LogP contribution in [0.1, 0.15) is 21.5 Å². The summed E-state index contributed by atoms with van der Waals surface area (Å²) in [5, 5.41) is 3.25. The summed E-state index contributed by atoms with van der Waals surface area (Å²) in [5.74, 6) is -0.159. The van der Waals surface area contributed by atoms with Crippen LogP contribution in [0.15, 0.2) is 34.9 Å². The summed E-state index contributed by atoms with van der Waals surface area (Å²) in [7, 11) is 0. The van der Waals surface area contributed by atoms with Gasteiger partial charge in [0, 0.05) is 10.0 Å². The number of amides is 1. The topological polar surface area (TPSA) is 42.0 Å². The number of rotatable bonds is 2. The van der Waals surface area contributed by atoms with Crippen molar-refractivity contribution in [2.24, 2.45) is 0 Å². The maximum Gasteiger partial charge on any atom is 0.255 e. The van der Waals surface area contributed by atoms with Crippen molar-refractivity contribution in [3.8, 4) is 0 Å². The monoisotopic (exact) mass is 338 g/mol. The minimum absolute atomic E-state index is 0.159. The molecule has 0 unspecified atom stereocenters. The van der Waals surface area contributed by atoms with Gasteiger partial charge >= 0.3 is 0 Å². The van der Waals surface area contributed by atoms with Crippen LogP contribution in [0, 0.1) is 13.8 Å². The fourth-order valence-electron chi connectivity index (χ4n) is 1.71. The van der Waals surface area contributed by atoms with Crippen LogP contribution in [0.5, 0.6) is 0 Å². The third-order valence-corrected chi connectivity index (χ3v) is 3.59. The van der Waals surface area contributed by atoms with Gasteiger partial charge in [-0.05, 0) is 49.2 Å². The molecule has 3 nitrogen and oxygen atoms in total. The van der Waals surface area contributed by atoms with Gasteiger partial charge in [0.2, 0.25) is 0 Å². The summed E-state index contributed by atoms with van der Waals surface area (Å²) >= 11 is 9.22. The van der Waals surface area contributed by atoms with E-state index in [9.17, 15) is 4.79 Å². The number of hydrogen-bond acceptors (Lipinski definition) is 2. The van der Waals surface area contributed by atoms with Gasteiger partial charge in [-0.15, -0.1) is 0 Å². The van der Waals surface area contributed by atoms with E-state index in [4.69, 9.17) is 11.6 Å². The number of anilines is 1. The number of hydrogen-bond donors (Lipinski definition) is 1. The molecule has 0 radical (unpaired) electrons. The maximum absolute atomic E-state index is 12.2. The van der Waals surface area contributed by atoms with E-state index < -0.39 is 0 Å². The molecule has 1 heterocycles. The van der Waals surface area contributed by atoms with Crippen LogP contribution in [0.4, 0.5) is 5.69 Å². The Balaban J connectivity index is 2.23. The summed E-state index contributed by atoms with van der Waals surface area (Å²) in [4.78, 5) is 16.2. The minimum Gasteiger partial charge on any atom is -0.321 e. The number of carbonyl (C=O) groups is 1. The molecule has 0 atom stereocenters. The average molecular weight is 340 g/mol. The SMILES string of the molecule is Cc1cc(Br)ccc1C(=O)Nc1cnc(Cl)c(C)c1. The van der Waals surface area contributed by atoms with Crippen molar-refractivity contribution in [1.29, 1.82) is 0 Å². The van der Waals surface area contributed by atoms with E-state index in [2.05, 4.69) is 26.2 Å². The summed E-state index contributed by atoms with van der Waals surface area (Å²) in [6.07, 6.45) is 1.54. The van der Waals surface area contributed by atoms with Crippen molar-refractivity contribution in [1.82, 2.24) is 4.98 Å². The highest BCUT2D eigenvalue weighted by molar-refractivity contribution is 9.10. The lowest BCUT2D eigenvalue weighted by Gasteiger charge is -2.08. The molecule has 0 saturated carbocycles. The maximum atomic E-state index is 12.2. The molecule has 2 aromatic rings. The molecule has 5 heteroatoms. The average Bonchev–Trinajstić information content (AvgIpc) is 2.33. The molecule has 98 valence electrons. The van der Waals surface area contributed by atoms with Crippen molar-refractivity contribution < 1.29 is 4.79 Å². The van der Waals surface area contributed by atoms with E-state index in [1.807, 2.05) is 26.0 Å². The molecule has 0 aliphatic carbocycles. The Bertz CT molecular complexity index is 643. The van der Waals surface area contributed by atoms with Crippen LogP contribution in [0.25, 0.3) is 0 Å². The molecule has 0 bridgehead atoms. The first-order valence-corrected chi connectivity index (χ1v) is 6.84. The van der Waals surface area contributed by atoms with Gasteiger partial charge < -0.3 is 5.32 Å². The number of nitrogens with zero attached hydrogens (tertiary/aromatic N) is 1. The molecule has 0 spiro atoms. The molecule has 19 heavy (non-hydrogen) atoms. The van der Waals surface area contributed by atoms with E-state index >= 15 is 0 Å². The standard InChI is InChI=1S/C14H12BrClN2O/c1-8-5-10(15)3-4-12(8)14(19)18-11-6-9(2)13(16)17-7-11/h3-7H,1-2H3,(H,18,19). The zero-order valence-electron chi connectivity index (χ0n) is 10.5. The van der Waals surface area contributed by atoms with Crippen LogP contribution >= 0.6 is 27.5 Å². The highest BCUT2D eigenvalue weighted by Gasteiger charge is 2.10. The minimum atomic E-state index is -0.159. The molecule has 1 aromatic carbocycles. The van der Waals surface area contributed by atoms with Gasteiger partial charge in [-0.2, -0.15) is 0 Å². The van der Waals surface area contributed by atoms with Crippen molar-refractivity contribution in [3.05, 3.63) is 56.8 Å². The van der Waals surface area contributed by atoms with Gasteiger partial charge in [0.15, 0.2) is 0 Å².